The van der Waals surface area contributed by atoms with E-state index in [4.69, 9.17) is 4.74 Å². The first-order valence-electron chi connectivity index (χ1n) is 8.56. The van der Waals surface area contributed by atoms with Gasteiger partial charge in [-0.25, -0.2) is 9.18 Å². The molecule has 1 heterocycles. The average molecular weight is 361 g/mol. The van der Waals surface area contributed by atoms with Crippen LogP contribution in [0.3, 0.4) is 0 Å². The van der Waals surface area contributed by atoms with Gasteiger partial charge in [0.1, 0.15) is 11.9 Å². The number of ether oxygens (including phenoxy) is 1. The molecule has 1 amide bonds. The van der Waals surface area contributed by atoms with Gasteiger partial charge in [-0.2, -0.15) is 0 Å². The quantitative estimate of drug-likeness (QED) is 0.697. The number of benzene rings is 3. The average Bonchev–Trinajstić information content (AvgIpc) is 2.68. The van der Waals surface area contributed by atoms with Crippen LogP contribution in [-0.4, -0.2) is 11.9 Å². The third-order valence-corrected chi connectivity index (χ3v) is 4.50. The minimum absolute atomic E-state index is 0.362. The minimum atomic E-state index is -0.424. The Morgan fingerprint density at radius 3 is 2.59 bits per heavy atom. The van der Waals surface area contributed by atoms with Crippen LogP contribution in [0.5, 0.6) is 0 Å². The molecule has 3 aromatic rings. The first-order valence-corrected chi connectivity index (χ1v) is 8.56. The Morgan fingerprint density at radius 2 is 1.81 bits per heavy atom. The first kappa shape index (κ1) is 17.0. The summed E-state index contributed by atoms with van der Waals surface area (Å²) in [5, 5.41) is 2.66. The van der Waals surface area contributed by atoms with Crippen molar-refractivity contribution in [2.45, 2.75) is 12.5 Å². The summed E-state index contributed by atoms with van der Waals surface area (Å²) in [5.41, 5.74) is 2.90. The number of carbonyl (C=O) groups excluding carboxylic acids is 2. The molecule has 1 atom stereocenters. The fraction of sp³-hybridized carbons (Fsp3) is 0.0909. The van der Waals surface area contributed by atoms with Crippen LogP contribution in [0.15, 0.2) is 72.8 Å². The van der Waals surface area contributed by atoms with E-state index in [1.54, 1.807) is 24.3 Å². The van der Waals surface area contributed by atoms with Crippen molar-refractivity contribution < 1.29 is 18.7 Å². The molecular formula is C22H16FNO3. The molecule has 0 spiro atoms. The van der Waals surface area contributed by atoms with Crippen molar-refractivity contribution in [1.29, 1.82) is 0 Å². The summed E-state index contributed by atoms with van der Waals surface area (Å²) < 4.78 is 18.8. The van der Waals surface area contributed by atoms with E-state index in [1.165, 1.54) is 18.2 Å². The number of anilines is 1. The van der Waals surface area contributed by atoms with E-state index in [1.807, 2.05) is 30.3 Å². The van der Waals surface area contributed by atoms with E-state index >= 15 is 0 Å². The fourth-order valence-corrected chi connectivity index (χ4v) is 3.16. The zero-order valence-corrected chi connectivity index (χ0v) is 14.3. The van der Waals surface area contributed by atoms with Crippen molar-refractivity contribution in [3.63, 3.8) is 0 Å². The predicted octanol–water partition coefficient (Wildman–Crippen LogP) is 4.53. The van der Waals surface area contributed by atoms with E-state index in [9.17, 15) is 14.0 Å². The Bertz CT molecular complexity index is 1020. The van der Waals surface area contributed by atoms with Crippen molar-refractivity contribution in [2.75, 3.05) is 5.32 Å². The van der Waals surface area contributed by atoms with Crippen LogP contribution in [0.25, 0.3) is 0 Å². The molecule has 27 heavy (non-hydrogen) atoms. The topological polar surface area (TPSA) is 55.4 Å². The standard InChI is InChI=1S/C22H16FNO3/c23-17-7-4-8-18(13-17)24-21(25)15-9-10-19-16(11-15)12-20(27-22(19)26)14-5-2-1-3-6-14/h1-11,13,20H,12H2,(H,24,25)/t20-/m1/s1. The number of halogens is 1. The van der Waals surface area contributed by atoms with Gasteiger partial charge in [0.05, 0.1) is 5.56 Å². The second-order valence-electron chi connectivity index (χ2n) is 6.35. The van der Waals surface area contributed by atoms with E-state index in [0.29, 0.717) is 23.2 Å². The predicted molar refractivity (Wildman–Crippen MR) is 99.1 cm³/mol. The summed E-state index contributed by atoms with van der Waals surface area (Å²) in [7, 11) is 0. The number of amides is 1. The maximum Gasteiger partial charge on any atom is 0.339 e. The zero-order chi connectivity index (χ0) is 18.8. The van der Waals surface area contributed by atoms with Gasteiger partial charge in [-0.3, -0.25) is 4.79 Å². The number of rotatable bonds is 3. The molecule has 4 nitrogen and oxygen atoms in total. The van der Waals surface area contributed by atoms with Crippen LogP contribution < -0.4 is 5.32 Å². The van der Waals surface area contributed by atoms with Gasteiger partial charge in [0.2, 0.25) is 0 Å². The third kappa shape index (κ3) is 3.58. The highest BCUT2D eigenvalue weighted by molar-refractivity contribution is 6.05. The molecular weight excluding hydrogens is 345 g/mol. The molecule has 0 saturated carbocycles. The van der Waals surface area contributed by atoms with Crippen LogP contribution >= 0.6 is 0 Å². The van der Waals surface area contributed by atoms with Gasteiger partial charge in [-0.05, 0) is 47.5 Å². The third-order valence-electron chi connectivity index (χ3n) is 4.50. The maximum atomic E-state index is 13.3. The molecule has 0 aromatic heterocycles. The van der Waals surface area contributed by atoms with Crippen LogP contribution in [0.4, 0.5) is 10.1 Å². The molecule has 0 unspecified atom stereocenters. The highest BCUT2D eigenvalue weighted by Gasteiger charge is 2.28. The van der Waals surface area contributed by atoms with E-state index in [0.717, 1.165) is 11.1 Å². The molecule has 4 rings (SSSR count). The lowest BCUT2D eigenvalue weighted by Crippen LogP contribution is -2.23. The van der Waals surface area contributed by atoms with Crippen molar-refractivity contribution >= 4 is 17.6 Å². The molecule has 0 saturated heterocycles. The lowest BCUT2D eigenvalue weighted by Gasteiger charge is -2.25. The zero-order valence-electron chi connectivity index (χ0n) is 14.3. The molecule has 1 aliphatic rings. The molecule has 5 heteroatoms. The number of nitrogens with one attached hydrogen (secondary N) is 1. The maximum absolute atomic E-state index is 13.3. The molecule has 134 valence electrons. The van der Waals surface area contributed by atoms with Gasteiger partial charge in [0, 0.05) is 17.7 Å². The Hall–Kier alpha value is -3.47. The highest BCUT2D eigenvalue weighted by Crippen LogP contribution is 2.31. The molecule has 0 aliphatic carbocycles. The molecule has 1 N–H and O–H groups in total. The number of esters is 1. The smallest absolute Gasteiger partial charge is 0.339 e. The van der Waals surface area contributed by atoms with Gasteiger partial charge in [0.15, 0.2) is 0 Å². The molecule has 3 aromatic carbocycles. The summed E-state index contributed by atoms with van der Waals surface area (Å²) in [6.45, 7) is 0. The van der Waals surface area contributed by atoms with Gasteiger partial charge in [0.25, 0.3) is 5.91 Å². The minimum Gasteiger partial charge on any atom is -0.454 e. The van der Waals surface area contributed by atoms with Gasteiger partial charge in [-0.15, -0.1) is 0 Å². The Morgan fingerprint density at radius 1 is 1.00 bits per heavy atom. The number of hydrogen-bond acceptors (Lipinski definition) is 3. The van der Waals surface area contributed by atoms with Crippen LogP contribution in [0.1, 0.15) is 37.9 Å². The summed E-state index contributed by atoms with van der Waals surface area (Å²) in [5.74, 6) is -1.19. The Labute approximate surface area is 155 Å². The second kappa shape index (κ2) is 7.03. The van der Waals surface area contributed by atoms with Crippen LogP contribution in [0, 0.1) is 5.82 Å². The van der Waals surface area contributed by atoms with E-state index < -0.39 is 11.8 Å². The Balaban J connectivity index is 1.59. The summed E-state index contributed by atoms with van der Waals surface area (Å²) in [4.78, 5) is 24.8. The number of cyclic esters (lactones) is 1. The van der Waals surface area contributed by atoms with Gasteiger partial charge < -0.3 is 10.1 Å². The summed E-state index contributed by atoms with van der Waals surface area (Å²) in [6.07, 6.45) is 0.111. The largest absolute Gasteiger partial charge is 0.454 e. The van der Waals surface area contributed by atoms with E-state index in [-0.39, 0.29) is 12.0 Å². The van der Waals surface area contributed by atoms with Gasteiger partial charge >= 0.3 is 5.97 Å². The summed E-state index contributed by atoms with van der Waals surface area (Å²) in [6, 6.07) is 20.0. The molecule has 0 bridgehead atoms. The lowest BCUT2D eigenvalue weighted by atomic mass is 9.93. The summed E-state index contributed by atoms with van der Waals surface area (Å²) >= 11 is 0. The van der Waals surface area contributed by atoms with Crippen molar-refractivity contribution in [2.24, 2.45) is 0 Å². The number of hydrogen-bond donors (Lipinski definition) is 1. The fourth-order valence-electron chi connectivity index (χ4n) is 3.16. The number of fused-ring (bicyclic) bond motifs is 1. The highest BCUT2D eigenvalue weighted by atomic mass is 19.1. The molecule has 1 aliphatic heterocycles. The van der Waals surface area contributed by atoms with E-state index in [2.05, 4.69) is 5.32 Å². The molecule has 0 fully saturated rings. The normalized spacial score (nSPS) is 15.6. The first-order chi connectivity index (χ1) is 13.1. The van der Waals surface area contributed by atoms with Crippen LogP contribution in [-0.2, 0) is 11.2 Å². The second-order valence-corrected chi connectivity index (χ2v) is 6.35. The SMILES string of the molecule is O=C(Nc1cccc(F)c1)c1ccc2c(c1)C[C@H](c1ccccc1)OC2=O. The number of carbonyl (C=O) groups is 2. The van der Waals surface area contributed by atoms with Crippen LogP contribution in [0.2, 0.25) is 0 Å². The lowest BCUT2D eigenvalue weighted by molar-refractivity contribution is 0.0252. The van der Waals surface area contributed by atoms with Crippen molar-refractivity contribution in [3.05, 3.63) is 101 Å². The van der Waals surface area contributed by atoms with Gasteiger partial charge in [-0.1, -0.05) is 36.4 Å². The van der Waals surface area contributed by atoms with Crippen molar-refractivity contribution in [1.82, 2.24) is 0 Å². The monoisotopic (exact) mass is 361 g/mol. The van der Waals surface area contributed by atoms with Crippen molar-refractivity contribution in [3.8, 4) is 0 Å². The molecule has 0 radical (unpaired) electrons. The Kier molecular flexibility index (Phi) is 4.42.